The molecule has 0 bridgehead atoms. The summed E-state index contributed by atoms with van der Waals surface area (Å²) in [5, 5.41) is 0. The number of carbonyl (C=O) groups is 2. The molecule has 0 aliphatic carbocycles. The molecule has 0 radical (unpaired) electrons. The van der Waals surface area contributed by atoms with E-state index in [1.807, 2.05) is 0 Å². The Morgan fingerprint density at radius 3 is 1.00 bits per heavy atom. The Bertz CT molecular complexity index is 428. The fourth-order valence-corrected chi connectivity index (χ4v) is 2.80. The number of unbranched alkanes of at least 4 members (excludes halogenated alkanes) is 7. The van der Waals surface area contributed by atoms with E-state index in [4.69, 9.17) is 19.6 Å². The van der Waals surface area contributed by atoms with E-state index in [2.05, 4.69) is 0 Å². The summed E-state index contributed by atoms with van der Waals surface area (Å²) in [5.74, 6) is 0. The van der Waals surface area contributed by atoms with Crippen LogP contribution in [-0.2, 0) is 18.7 Å². The molecule has 0 saturated heterocycles. The Morgan fingerprint density at radius 2 is 0.792 bits per heavy atom. The maximum Gasteiger partial charge on any atom is 1.00 e. The van der Waals surface area contributed by atoms with Crippen LogP contribution in [0, 0.1) is 0 Å². The van der Waals surface area contributed by atoms with Gasteiger partial charge in [-0.1, -0.05) is 38.5 Å². The van der Waals surface area contributed by atoms with Gasteiger partial charge in [0.15, 0.2) is 0 Å². The van der Waals surface area contributed by atoms with Gasteiger partial charge in [-0.2, -0.15) is 0 Å². The van der Waals surface area contributed by atoms with Gasteiger partial charge < -0.3 is 22.4 Å². The van der Waals surface area contributed by atoms with Crippen molar-refractivity contribution >= 4 is 26.2 Å². The van der Waals surface area contributed by atoms with Crippen LogP contribution in [-0.4, -0.2) is 30.6 Å². The Kier molecular flexibility index (Phi) is 19.8. The number of hydrogen-bond donors (Lipinski definition) is 4. The second-order valence-electron chi connectivity index (χ2n) is 5.20. The molecule has 0 rings (SSSR count). The minimum absolute atomic E-state index is 0. The van der Waals surface area contributed by atoms with E-state index >= 15 is 0 Å². The van der Waals surface area contributed by atoms with Gasteiger partial charge in [0.2, 0.25) is 11.0 Å². The van der Waals surface area contributed by atoms with Crippen molar-refractivity contribution in [1.82, 2.24) is 0 Å². The van der Waals surface area contributed by atoms with Gasteiger partial charge in [0.05, 0.1) is 0 Å². The zero-order chi connectivity index (χ0) is 17.2. The fourth-order valence-electron chi connectivity index (χ4n) is 1.90. The number of carbonyl (C=O) groups excluding carboxylic acids is 2. The van der Waals surface area contributed by atoms with Crippen LogP contribution < -0.4 is 59.1 Å². The minimum atomic E-state index is -4.57. The van der Waals surface area contributed by atoms with Crippen LogP contribution in [0.15, 0.2) is 0 Å². The first-order chi connectivity index (χ1) is 10.0. The van der Waals surface area contributed by atoms with Crippen LogP contribution in [0.2, 0.25) is 0 Å². The molecule has 0 fully saturated rings. The van der Waals surface area contributed by atoms with Crippen LogP contribution in [0.25, 0.3) is 0 Å². The van der Waals surface area contributed by atoms with E-state index in [9.17, 15) is 18.7 Å². The van der Waals surface area contributed by atoms with E-state index in [1.165, 1.54) is 0 Å². The van der Waals surface area contributed by atoms with Gasteiger partial charge in [0, 0.05) is 12.8 Å². The van der Waals surface area contributed by atoms with Crippen molar-refractivity contribution in [2.75, 3.05) is 0 Å². The monoisotopic (exact) mass is 406 g/mol. The molecule has 0 aromatic carbocycles. The van der Waals surface area contributed by atoms with Gasteiger partial charge in [-0.3, -0.25) is 18.7 Å². The average molecular weight is 406 g/mol. The first kappa shape index (κ1) is 30.4. The SMILES string of the molecule is O=C(CCCCCCCCCCC(=O)P(=O)(O)O)P(=O)(O)O.[H-].[H-].[Na+].[Na+]. The molecule has 24 heavy (non-hydrogen) atoms. The first-order valence-corrected chi connectivity index (χ1v) is 10.5. The predicted molar refractivity (Wildman–Crippen MR) is 82.5 cm³/mol. The maximum atomic E-state index is 11.0. The van der Waals surface area contributed by atoms with Crippen LogP contribution >= 0.6 is 15.2 Å². The molecule has 0 aliphatic rings. The van der Waals surface area contributed by atoms with Crippen molar-refractivity contribution in [2.24, 2.45) is 0 Å². The van der Waals surface area contributed by atoms with Gasteiger partial charge >= 0.3 is 74.3 Å². The van der Waals surface area contributed by atoms with E-state index in [0.717, 1.165) is 38.5 Å². The fraction of sp³-hybridized carbons (Fsp3) is 0.833. The summed E-state index contributed by atoms with van der Waals surface area (Å²) in [6.07, 6.45) is 5.70. The molecule has 4 N–H and O–H groups in total. The molecule has 0 saturated carbocycles. The van der Waals surface area contributed by atoms with E-state index in [1.54, 1.807) is 0 Å². The topological polar surface area (TPSA) is 149 Å². The smallest absolute Gasteiger partial charge is 1.00 e. The van der Waals surface area contributed by atoms with Crippen molar-refractivity contribution in [2.45, 2.75) is 64.2 Å². The van der Waals surface area contributed by atoms with Crippen molar-refractivity contribution in [1.29, 1.82) is 0 Å². The molecule has 0 atom stereocenters. The van der Waals surface area contributed by atoms with Gasteiger partial charge in [-0.25, -0.2) is 0 Å². The molecule has 0 spiro atoms. The standard InChI is InChI=1S/C12H24O8P2.2Na.2H/c13-11(21(15,16)17)9-7-5-3-1-2-4-6-8-10-12(14)22(18,19)20;;;;/h1-10H2,(H2,15,16,17)(H2,18,19,20);;;;/q;2*+1;2*-1. The molecule has 0 aromatic rings. The summed E-state index contributed by atoms with van der Waals surface area (Å²) in [5.41, 5.74) is -2.02. The van der Waals surface area contributed by atoms with Gasteiger partial charge in [-0.15, -0.1) is 0 Å². The predicted octanol–water partition coefficient (Wildman–Crippen LogP) is -3.47. The second kappa shape index (κ2) is 15.7. The minimum Gasteiger partial charge on any atom is -1.00 e. The van der Waals surface area contributed by atoms with Crippen LogP contribution in [0.4, 0.5) is 0 Å². The Morgan fingerprint density at radius 1 is 0.583 bits per heavy atom. The van der Waals surface area contributed by atoms with Crippen LogP contribution in [0.3, 0.4) is 0 Å². The van der Waals surface area contributed by atoms with Crippen LogP contribution in [0.1, 0.15) is 67.1 Å². The normalized spacial score (nSPS) is 11.3. The van der Waals surface area contributed by atoms with Crippen molar-refractivity contribution < 1.29 is 100 Å². The number of hydrogen-bond acceptors (Lipinski definition) is 4. The molecule has 8 nitrogen and oxygen atoms in total. The zero-order valence-corrected chi connectivity index (χ0v) is 20.2. The zero-order valence-electron chi connectivity index (χ0n) is 16.4. The third-order valence-corrected chi connectivity index (χ3v) is 4.93. The first-order valence-electron chi connectivity index (χ1n) is 7.23. The molecule has 0 aliphatic heterocycles. The summed E-state index contributed by atoms with van der Waals surface area (Å²) in [4.78, 5) is 56.3. The van der Waals surface area contributed by atoms with Crippen molar-refractivity contribution in [3.8, 4) is 0 Å². The van der Waals surface area contributed by atoms with Gasteiger partial charge in [0.1, 0.15) is 0 Å². The molecule has 12 heteroatoms. The molecule has 0 aromatic heterocycles. The molecule has 0 heterocycles. The van der Waals surface area contributed by atoms with Crippen molar-refractivity contribution in [3.63, 3.8) is 0 Å². The maximum absolute atomic E-state index is 11.0. The average Bonchev–Trinajstić information content (AvgIpc) is 2.38. The molecule has 134 valence electrons. The van der Waals surface area contributed by atoms with Crippen molar-refractivity contribution in [3.05, 3.63) is 0 Å². The third kappa shape index (κ3) is 17.1. The van der Waals surface area contributed by atoms with E-state index in [-0.39, 0.29) is 74.8 Å². The molecular formula is C12H26Na2O8P2. The summed E-state index contributed by atoms with van der Waals surface area (Å²) in [6.45, 7) is 0. The van der Waals surface area contributed by atoms with Gasteiger partial charge in [-0.05, 0) is 12.8 Å². The largest absolute Gasteiger partial charge is 1.00 e. The Hall–Kier alpha value is 1.64. The van der Waals surface area contributed by atoms with Gasteiger partial charge in [0.25, 0.3) is 0 Å². The molecule has 0 amide bonds. The summed E-state index contributed by atoms with van der Waals surface area (Å²) in [6, 6.07) is 0. The Labute approximate surface area is 189 Å². The quantitative estimate of drug-likeness (QED) is 0.140. The summed E-state index contributed by atoms with van der Waals surface area (Å²) in [7, 11) is -9.15. The van der Waals surface area contributed by atoms with Crippen LogP contribution in [0.5, 0.6) is 0 Å². The molecular weight excluding hydrogens is 380 g/mol. The van der Waals surface area contributed by atoms with E-state index < -0.39 is 26.2 Å². The number of rotatable bonds is 13. The summed E-state index contributed by atoms with van der Waals surface area (Å²) >= 11 is 0. The Balaban J connectivity index is -0.000000367. The second-order valence-corrected chi connectivity index (χ2v) is 8.38. The van der Waals surface area contributed by atoms with E-state index in [0.29, 0.717) is 12.8 Å². The third-order valence-electron chi connectivity index (χ3n) is 3.18. The summed E-state index contributed by atoms with van der Waals surface area (Å²) < 4.78 is 21.2. The molecule has 0 unspecified atom stereocenters.